The quantitative estimate of drug-likeness (QED) is 0.502. The summed E-state index contributed by atoms with van der Waals surface area (Å²) in [6.07, 6.45) is 10.3. The molecular formula is C11H20. The molecule has 0 saturated heterocycles. The van der Waals surface area contributed by atoms with Gasteiger partial charge in [0.2, 0.25) is 0 Å². The fourth-order valence-electron chi connectivity index (χ4n) is 1.69. The highest BCUT2D eigenvalue weighted by atomic mass is 14.3. The van der Waals surface area contributed by atoms with Gasteiger partial charge in [-0.05, 0) is 30.6 Å². The fourth-order valence-corrected chi connectivity index (χ4v) is 1.69. The molecule has 0 saturated carbocycles. The Balaban J connectivity index is 2.65. The molecule has 0 bridgehead atoms. The molecule has 1 rings (SSSR count). The maximum Gasteiger partial charge on any atom is -0.0124 e. The van der Waals surface area contributed by atoms with E-state index in [9.17, 15) is 0 Å². The molecule has 0 radical (unpaired) electrons. The fraction of sp³-hybridized carbons (Fsp3) is 0.818. The van der Waals surface area contributed by atoms with E-state index in [2.05, 4.69) is 32.9 Å². The number of rotatable bonds is 1. The van der Waals surface area contributed by atoms with Gasteiger partial charge in [0.15, 0.2) is 0 Å². The van der Waals surface area contributed by atoms with E-state index >= 15 is 0 Å². The minimum atomic E-state index is 0.483. The molecule has 0 spiro atoms. The van der Waals surface area contributed by atoms with Crippen LogP contribution in [0.15, 0.2) is 12.2 Å². The molecule has 0 aliphatic heterocycles. The molecule has 1 aliphatic rings. The lowest BCUT2D eigenvalue weighted by Gasteiger charge is -2.29. The van der Waals surface area contributed by atoms with Crippen molar-refractivity contribution in [2.24, 2.45) is 11.3 Å². The third kappa shape index (κ3) is 2.08. The zero-order valence-corrected chi connectivity index (χ0v) is 8.06. The molecule has 0 aromatic rings. The molecule has 11 heavy (non-hydrogen) atoms. The van der Waals surface area contributed by atoms with Crippen molar-refractivity contribution in [3.63, 3.8) is 0 Å². The second-order valence-electron chi connectivity index (χ2n) is 4.31. The van der Waals surface area contributed by atoms with Crippen LogP contribution >= 0.6 is 0 Å². The van der Waals surface area contributed by atoms with E-state index in [1.54, 1.807) is 0 Å². The predicted octanol–water partition coefficient (Wildman–Crippen LogP) is 3.78. The van der Waals surface area contributed by atoms with Crippen LogP contribution in [0.5, 0.6) is 0 Å². The lowest BCUT2D eigenvalue weighted by molar-refractivity contribution is 0.271. The Hall–Kier alpha value is -0.260. The van der Waals surface area contributed by atoms with Crippen LogP contribution in [0.1, 0.15) is 46.5 Å². The van der Waals surface area contributed by atoms with Crippen LogP contribution in [0.3, 0.4) is 0 Å². The van der Waals surface area contributed by atoms with Gasteiger partial charge in [-0.15, -0.1) is 0 Å². The van der Waals surface area contributed by atoms with Crippen molar-refractivity contribution in [2.75, 3.05) is 0 Å². The van der Waals surface area contributed by atoms with Crippen LogP contribution in [0.25, 0.3) is 0 Å². The van der Waals surface area contributed by atoms with Gasteiger partial charge in [0, 0.05) is 0 Å². The van der Waals surface area contributed by atoms with Crippen molar-refractivity contribution < 1.29 is 0 Å². The Morgan fingerprint density at radius 2 is 2.00 bits per heavy atom. The van der Waals surface area contributed by atoms with Gasteiger partial charge in [-0.25, -0.2) is 0 Å². The van der Waals surface area contributed by atoms with Crippen molar-refractivity contribution >= 4 is 0 Å². The second kappa shape index (κ2) is 3.42. The lowest BCUT2D eigenvalue weighted by atomic mass is 9.76. The largest absolute Gasteiger partial charge is 0.0880 e. The summed E-state index contributed by atoms with van der Waals surface area (Å²) in [6, 6.07) is 0. The van der Waals surface area contributed by atoms with E-state index in [1.807, 2.05) is 0 Å². The average Bonchev–Trinajstić information content (AvgIpc) is 2.15. The molecule has 0 nitrogen and oxygen atoms in total. The third-order valence-corrected chi connectivity index (χ3v) is 3.15. The predicted molar refractivity (Wildman–Crippen MR) is 50.6 cm³/mol. The first-order chi connectivity index (χ1) is 5.15. The minimum Gasteiger partial charge on any atom is -0.0880 e. The Labute approximate surface area is 70.7 Å². The summed E-state index contributed by atoms with van der Waals surface area (Å²) >= 11 is 0. The summed E-state index contributed by atoms with van der Waals surface area (Å²) < 4.78 is 0. The van der Waals surface area contributed by atoms with Gasteiger partial charge < -0.3 is 0 Å². The van der Waals surface area contributed by atoms with E-state index in [4.69, 9.17) is 0 Å². The Morgan fingerprint density at radius 1 is 1.27 bits per heavy atom. The summed E-state index contributed by atoms with van der Waals surface area (Å²) in [5.41, 5.74) is 0.483. The summed E-state index contributed by atoms with van der Waals surface area (Å²) in [7, 11) is 0. The van der Waals surface area contributed by atoms with Crippen LogP contribution < -0.4 is 0 Å². The molecule has 1 unspecified atom stereocenters. The van der Waals surface area contributed by atoms with Crippen molar-refractivity contribution in [3.8, 4) is 0 Å². The maximum atomic E-state index is 2.44. The molecular weight excluding hydrogens is 132 g/mol. The summed E-state index contributed by atoms with van der Waals surface area (Å²) in [4.78, 5) is 0. The first-order valence-electron chi connectivity index (χ1n) is 4.83. The number of allylic oxidation sites excluding steroid dienone is 2. The Morgan fingerprint density at radius 3 is 2.64 bits per heavy atom. The van der Waals surface area contributed by atoms with Crippen LogP contribution in [0.4, 0.5) is 0 Å². The van der Waals surface area contributed by atoms with E-state index < -0.39 is 0 Å². The van der Waals surface area contributed by atoms with Gasteiger partial charge in [0.05, 0.1) is 0 Å². The molecule has 0 fully saturated rings. The first kappa shape index (κ1) is 8.83. The maximum absolute atomic E-state index is 2.44. The van der Waals surface area contributed by atoms with E-state index in [0.29, 0.717) is 5.41 Å². The molecule has 0 amide bonds. The van der Waals surface area contributed by atoms with Crippen molar-refractivity contribution in [3.05, 3.63) is 12.2 Å². The van der Waals surface area contributed by atoms with Crippen LogP contribution in [0, 0.1) is 11.3 Å². The molecule has 1 atom stereocenters. The normalized spacial score (nSPS) is 32.4. The zero-order chi connectivity index (χ0) is 8.32. The molecule has 1 aliphatic carbocycles. The van der Waals surface area contributed by atoms with Crippen LogP contribution in [-0.4, -0.2) is 0 Å². The summed E-state index contributed by atoms with van der Waals surface area (Å²) in [5, 5.41) is 0. The second-order valence-corrected chi connectivity index (χ2v) is 4.31. The first-order valence-corrected chi connectivity index (χ1v) is 4.83. The van der Waals surface area contributed by atoms with Crippen molar-refractivity contribution in [2.45, 2.75) is 46.5 Å². The zero-order valence-electron chi connectivity index (χ0n) is 8.06. The SMILES string of the molecule is CC(C)C1(C)C=CCCCC1. The third-order valence-electron chi connectivity index (χ3n) is 3.15. The molecule has 0 N–H and O–H groups in total. The van der Waals surface area contributed by atoms with Crippen molar-refractivity contribution in [1.82, 2.24) is 0 Å². The topological polar surface area (TPSA) is 0 Å². The molecule has 64 valence electrons. The Bertz CT molecular complexity index is 144. The molecule has 0 heteroatoms. The van der Waals surface area contributed by atoms with E-state index in [-0.39, 0.29) is 0 Å². The molecule has 0 aromatic heterocycles. The monoisotopic (exact) mass is 152 g/mol. The number of hydrogen-bond acceptors (Lipinski definition) is 0. The highest BCUT2D eigenvalue weighted by molar-refractivity contribution is 5.00. The number of hydrogen-bond donors (Lipinski definition) is 0. The molecule has 0 heterocycles. The standard InChI is InChI=1S/C11H20/c1-10(2)11(3)8-6-4-5-7-9-11/h6,8,10H,4-5,7,9H2,1-3H3. The average molecular weight is 152 g/mol. The Kier molecular flexibility index (Phi) is 2.75. The van der Waals surface area contributed by atoms with Crippen molar-refractivity contribution in [1.29, 1.82) is 0 Å². The van der Waals surface area contributed by atoms with Crippen LogP contribution in [-0.2, 0) is 0 Å². The van der Waals surface area contributed by atoms with Gasteiger partial charge in [0.1, 0.15) is 0 Å². The highest BCUT2D eigenvalue weighted by Crippen LogP contribution is 2.36. The van der Waals surface area contributed by atoms with E-state index in [0.717, 1.165) is 5.92 Å². The lowest BCUT2D eigenvalue weighted by Crippen LogP contribution is -2.19. The molecule has 0 aromatic carbocycles. The van der Waals surface area contributed by atoms with Gasteiger partial charge >= 0.3 is 0 Å². The minimum absolute atomic E-state index is 0.483. The van der Waals surface area contributed by atoms with E-state index in [1.165, 1.54) is 25.7 Å². The van der Waals surface area contributed by atoms with Gasteiger partial charge in [-0.3, -0.25) is 0 Å². The summed E-state index contributed by atoms with van der Waals surface area (Å²) in [6.45, 7) is 7.05. The van der Waals surface area contributed by atoms with Gasteiger partial charge in [-0.2, -0.15) is 0 Å². The highest BCUT2D eigenvalue weighted by Gasteiger charge is 2.25. The summed E-state index contributed by atoms with van der Waals surface area (Å²) in [5.74, 6) is 0.789. The smallest absolute Gasteiger partial charge is 0.0124 e. The van der Waals surface area contributed by atoms with Crippen LogP contribution in [0.2, 0.25) is 0 Å². The van der Waals surface area contributed by atoms with Gasteiger partial charge in [-0.1, -0.05) is 39.3 Å². The van der Waals surface area contributed by atoms with Gasteiger partial charge in [0.25, 0.3) is 0 Å².